The molecular weight excluding hydrogens is 474 g/mol. The minimum Gasteiger partial charge on any atom is -0.465 e. The Morgan fingerprint density at radius 2 is 1.60 bits per heavy atom. The van der Waals surface area contributed by atoms with E-state index in [0.717, 1.165) is 13.5 Å². The van der Waals surface area contributed by atoms with Crippen LogP contribution in [0.25, 0.3) is 0 Å². The summed E-state index contributed by atoms with van der Waals surface area (Å²) in [5, 5.41) is 11.4. The number of carbonyl (C=O) groups is 4. The maximum Gasteiger partial charge on any atom is 0.345 e. The summed E-state index contributed by atoms with van der Waals surface area (Å²) in [6, 6.07) is 7.32. The Balaban J connectivity index is 1.45. The molecule has 0 saturated carbocycles. The quantitative estimate of drug-likeness (QED) is 0.267. The molecule has 35 heavy (non-hydrogen) atoms. The fourth-order valence-electron chi connectivity index (χ4n) is 4.86. The van der Waals surface area contributed by atoms with Crippen LogP contribution in [-0.4, -0.2) is 71.6 Å². The summed E-state index contributed by atoms with van der Waals surface area (Å²) in [5.74, 6) is -1.54. The molecule has 2 aromatic rings. The Morgan fingerprint density at radius 3 is 2.17 bits per heavy atom. The van der Waals surface area contributed by atoms with E-state index in [4.69, 9.17) is 4.74 Å². The van der Waals surface area contributed by atoms with E-state index in [9.17, 15) is 29.3 Å². The molecule has 2 aliphatic rings. The number of piperidine rings is 1. The molecule has 0 bridgehead atoms. The Morgan fingerprint density at radius 1 is 0.971 bits per heavy atom. The minimum atomic E-state index is -0.928. The lowest BCUT2D eigenvalue weighted by atomic mass is 9.77. The number of amides is 2. The van der Waals surface area contributed by atoms with Crippen molar-refractivity contribution in [1.29, 1.82) is 0 Å². The maximum atomic E-state index is 13.3. The van der Waals surface area contributed by atoms with Crippen molar-refractivity contribution < 1.29 is 28.8 Å². The van der Waals surface area contributed by atoms with Crippen LogP contribution < -0.4 is 0 Å². The average Bonchev–Trinajstić information content (AvgIpc) is 3.51. The van der Waals surface area contributed by atoms with Crippen molar-refractivity contribution in [3.63, 3.8) is 0 Å². The van der Waals surface area contributed by atoms with Crippen molar-refractivity contribution in [3.05, 3.63) is 61.3 Å². The zero-order valence-electron chi connectivity index (χ0n) is 19.4. The summed E-state index contributed by atoms with van der Waals surface area (Å²) in [6.45, 7) is 3.46. The fraction of sp³-hybridized carbons (Fsp3) is 0.417. The summed E-state index contributed by atoms with van der Waals surface area (Å²) < 4.78 is 4.71. The molecule has 0 N–H and O–H groups in total. The van der Waals surface area contributed by atoms with Gasteiger partial charge in [-0.3, -0.25) is 24.5 Å². The third-order valence-electron chi connectivity index (χ3n) is 6.86. The first kappa shape index (κ1) is 24.5. The number of methoxy groups -OCH3 is 1. The number of likely N-dealkylation sites (tertiary alicyclic amines) is 2. The molecule has 184 valence electrons. The van der Waals surface area contributed by atoms with Crippen LogP contribution in [0.3, 0.4) is 0 Å². The van der Waals surface area contributed by atoms with Gasteiger partial charge in [-0.2, -0.15) is 0 Å². The maximum absolute atomic E-state index is 13.3. The van der Waals surface area contributed by atoms with Gasteiger partial charge in [0.25, 0.3) is 17.5 Å². The van der Waals surface area contributed by atoms with Gasteiger partial charge in [0.1, 0.15) is 5.56 Å². The number of esters is 1. The Hall–Kier alpha value is -3.60. The first-order chi connectivity index (χ1) is 16.7. The van der Waals surface area contributed by atoms with Gasteiger partial charge in [-0.1, -0.05) is 6.07 Å². The van der Waals surface area contributed by atoms with Crippen LogP contribution in [0.1, 0.15) is 66.2 Å². The van der Waals surface area contributed by atoms with Crippen molar-refractivity contribution in [1.82, 2.24) is 9.80 Å². The van der Waals surface area contributed by atoms with Crippen molar-refractivity contribution in [3.8, 4) is 0 Å². The van der Waals surface area contributed by atoms with E-state index in [-0.39, 0.29) is 28.2 Å². The standard InChI is InChI=1S/C24H25N3O7S/c1-15(28)18-6-7-19(35-18)22(30)25-11-8-24(9-12-25)10-13-26(14-24)21(29)16-4-3-5-17(27(32)33)20(16)23(31)34-2/h3-7H,8-14H2,1-2H3. The number of thiophene rings is 1. The summed E-state index contributed by atoms with van der Waals surface area (Å²) in [6.07, 6.45) is 2.18. The molecule has 11 heteroatoms. The van der Waals surface area contributed by atoms with Crippen LogP contribution in [0, 0.1) is 15.5 Å². The number of benzene rings is 1. The van der Waals surface area contributed by atoms with Crippen LogP contribution >= 0.6 is 11.3 Å². The van der Waals surface area contributed by atoms with Gasteiger partial charge < -0.3 is 14.5 Å². The van der Waals surface area contributed by atoms with E-state index in [0.29, 0.717) is 48.8 Å². The summed E-state index contributed by atoms with van der Waals surface area (Å²) in [5.41, 5.74) is -1.01. The van der Waals surface area contributed by atoms with E-state index in [1.807, 2.05) is 0 Å². The number of hydrogen-bond donors (Lipinski definition) is 0. The first-order valence-electron chi connectivity index (χ1n) is 11.2. The van der Waals surface area contributed by atoms with Crippen LogP contribution in [0.2, 0.25) is 0 Å². The smallest absolute Gasteiger partial charge is 0.345 e. The lowest BCUT2D eigenvalue weighted by Crippen LogP contribution is -2.44. The van der Waals surface area contributed by atoms with Crippen molar-refractivity contribution >= 4 is 40.6 Å². The molecule has 0 radical (unpaired) electrons. The Bertz CT molecular complexity index is 1210. The monoisotopic (exact) mass is 499 g/mol. The van der Waals surface area contributed by atoms with E-state index in [1.54, 1.807) is 21.9 Å². The molecule has 1 aromatic carbocycles. The second kappa shape index (κ2) is 9.57. The van der Waals surface area contributed by atoms with Gasteiger partial charge in [-0.05, 0) is 49.8 Å². The highest BCUT2D eigenvalue weighted by Gasteiger charge is 2.44. The van der Waals surface area contributed by atoms with Gasteiger partial charge in [0, 0.05) is 32.2 Å². The largest absolute Gasteiger partial charge is 0.465 e. The number of nitro groups is 1. The number of hydrogen-bond acceptors (Lipinski definition) is 8. The predicted molar refractivity (Wildman–Crippen MR) is 127 cm³/mol. The second-order valence-electron chi connectivity index (χ2n) is 8.94. The predicted octanol–water partition coefficient (Wildman–Crippen LogP) is 3.41. The number of ether oxygens (including phenoxy) is 1. The van der Waals surface area contributed by atoms with Crippen molar-refractivity contribution in [2.45, 2.75) is 26.2 Å². The SMILES string of the molecule is COC(=O)c1c(C(=O)N2CCC3(CCN(C(=O)c4ccc(C(C)=O)s4)CC3)C2)cccc1[N+](=O)[O-]. The third-order valence-corrected chi connectivity index (χ3v) is 8.03. The van der Waals surface area contributed by atoms with E-state index in [2.05, 4.69) is 0 Å². The van der Waals surface area contributed by atoms with Crippen LogP contribution in [0.5, 0.6) is 0 Å². The van der Waals surface area contributed by atoms with E-state index in [1.165, 1.54) is 36.5 Å². The van der Waals surface area contributed by atoms with Gasteiger partial charge in [-0.15, -0.1) is 11.3 Å². The molecule has 3 heterocycles. The van der Waals surface area contributed by atoms with Crippen molar-refractivity contribution in [2.75, 3.05) is 33.3 Å². The topological polar surface area (TPSA) is 127 Å². The Labute approximate surface area is 205 Å². The Kier molecular flexibility index (Phi) is 6.70. The number of nitrogens with zero attached hydrogens (tertiary/aromatic N) is 3. The number of Topliss-reactive ketones (excluding diaryl/α,β-unsaturated/α-hetero) is 1. The summed E-state index contributed by atoms with van der Waals surface area (Å²) >= 11 is 1.20. The lowest BCUT2D eigenvalue weighted by molar-refractivity contribution is -0.385. The molecule has 1 aromatic heterocycles. The number of nitro benzene ring substituents is 1. The average molecular weight is 500 g/mol. The van der Waals surface area contributed by atoms with Gasteiger partial charge in [-0.25, -0.2) is 4.79 Å². The minimum absolute atomic E-state index is 0.0466. The van der Waals surface area contributed by atoms with Gasteiger partial charge >= 0.3 is 5.97 Å². The fourth-order valence-corrected chi connectivity index (χ4v) is 5.73. The summed E-state index contributed by atoms with van der Waals surface area (Å²) in [4.78, 5) is 65.2. The molecule has 0 unspecified atom stereocenters. The lowest BCUT2D eigenvalue weighted by Gasteiger charge is -2.39. The van der Waals surface area contributed by atoms with Crippen LogP contribution in [0.15, 0.2) is 30.3 Å². The number of rotatable bonds is 5. The van der Waals surface area contributed by atoms with Gasteiger partial charge in [0.2, 0.25) is 0 Å². The van der Waals surface area contributed by atoms with Crippen molar-refractivity contribution in [2.24, 2.45) is 5.41 Å². The molecule has 0 atom stereocenters. The number of ketones is 1. The molecule has 2 amide bonds. The zero-order valence-corrected chi connectivity index (χ0v) is 20.3. The molecule has 2 saturated heterocycles. The second-order valence-corrected chi connectivity index (χ2v) is 10.0. The number of carbonyl (C=O) groups excluding carboxylic acids is 4. The molecule has 10 nitrogen and oxygen atoms in total. The van der Waals surface area contributed by atoms with Crippen LogP contribution in [0.4, 0.5) is 5.69 Å². The summed E-state index contributed by atoms with van der Waals surface area (Å²) in [7, 11) is 1.12. The highest BCUT2D eigenvalue weighted by molar-refractivity contribution is 7.15. The highest BCUT2D eigenvalue weighted by atomic mass is 32.1. The van der Waals surface area contributed by atoms with E-state index >= 15 is 0 Å². The van der Waals surface area contributed by atoms with Gasteiger partial charge in [0.15, 0.2) is 5.78 Å². The molecule has 4 rings (SSSR count). The molecular formula is C24H25N3O7S. The third kappa shape index (κ3) is 4.68. The zero-order chi connectivity index (χ0) is 25.3. The molecule has 2 aliphatic heterocycles. The first-order valence-corrected chi connectivity index (χ1v) is 12.0. The van der Waals surface area contributed by atoms with E-state index < -0.39 is 22.5 Å². The molecule has 1 spiro atoms. The van der Waals surface area contributed by atoms with Crippen LogP contribution in [-0.2, 0) is 4.74 Å². The molecule has 0 aliphatic carbocycles. The molecule has 2 fully saturated rings. The van der Waals surface area contributed by atoms with Gasteiger partial charge in [0.05, 0.1) is 27.4 Å². The highest BCUT2D eigenvalue weighted by Crippen LogP contribution is 2.41. The normalized spacial score (nSPS) is 16.9.